The van der Waals surface area contributed by atoms with Crippen LogP contribution < -0.4 is 0 Å². The van der Waals surface area contributed by atoms with Crippen LogP contribution in [0.1, 0.15) is 11.1 Å². The summed E-state index contributed by atoms with van der Waals surface area (Å²) in [5.74, 6) is 0. The summed E-state index contributed by atoms with van der Waals surface area (Å²) in [5.41, 5.74) is 1.42. The molecule has 5 nitrogen and oxygen atoms in total. The highest BCUT2D eigenvalue weighted by molar-refractivity contribution is 6.35. The third kappa shape index (κ3) is 4.40. The molecule has 2 aromatic rings. The quantitative estimate of drug-likeness (QED) is 0.390. The fourth-order valence-corrected chi connectivity index (χ4v) is 2.38. The molecule has 0 aliphatic carbocycles. The van der Waals surface area contributed by atoms with Crippen molar-refractivity contribution in [3.63, 3.8) is 0 Å². The summed E-state index contributed by atoms with van der Waals surface area (Å²) >= 11 is 17.8. The second kappa shape index (κ2) is 7.54. The highest BCUT2D eigenvalue weighted by Crippen LogP contribution is 2.24. The standard InChI is InChI=1S/C14H10Cl3N3O2/c15-11-3-1-9(13(16)5-11)7-18-19-8-10-2-4-12(20(21)22)6-14(10)17/h1-6H,7-8H2. The smallest absolute Gasteiger partial charge is 0.258 e. The normalized spacial score (nSPS) is 11.0. The van der Waals surface area contributed by atoms with Crippen molar-refractivity contribution in [3.8, 4) is 0 Å². The van der Waals surface area contributed by atoms with Crippen molar-refractivity contribution in [3.05, 3.63) is 72.7 Å². The van der Waals surface area contributed by atoms with Gasteiger partial charge in [0, 0.05) is 22.2 Å². The molecule has 0 fully saturated rings. The van der Waals surface area contributed by atoms with Crippen LogP contribution in [-0.2, 0) is 13.1 Å². The van der Waals surface area contributed by atoms with E-state index in [1.807, 2.05) is 0 Å². The number of non-ortho nitro benzene ring substituents is 1. The first-order valence-electron chi connectivity index (χ1n) is 6.17. The molecule has 0 aromatic heterocycles. The SMILES string of the molecule is O=[N+]([O-])c1ccc(CN=NCc2ccc(Cl)cc2Cl)c(Cl)c1. The number of nitrogens with zero attached hydrogens (tertiary/aromatic N) is 3. The zero-order chi connectivity index (χ0) is 16.1. The lowest BCUT2D eigenvalue weighted by atomic mass is 10.2. The van der Waals surface area contributed by atoms with Gasteiger partial charge in [0.25, 0.3) is 5.69 Å². The zero-order valence-corrected chi connectivity index (χ0v) is 13.4. The fraction of sp³-hybridized carbons (Fsp3) is 0.143. The van der Waals surface area contributed by atoms with Crippen molar-refractivity contribution < 1.29 is 4.92 Å². The van der Waals surface area contributed by atoms with Gasteiger partial charge in [0.05, 0.1) is 23.0 Å². The number of rotatable bonds is 5. The maximum Gasteiger partial charge on any atom is 0.270 e. The van der Waals surface area contributed by atoms with E-state index in [0.29, 0.717) is 22.2 Å². The van der Waals surface area contributed by atoms with Crippen molar-refractivity contribution in [2.24, 2.45) is 10.2 Å². The number of benzene rings is 2. The van der Waals surface area contributed by atoms with Gasteiger partial charge in [-0.25, -0.2) is 0 Å². The van der Waals surface area contributed by atoms with Crippen molar-refractivity contribution in [2.45, 2.75) is 13.1 Å². The predicted molar refractivity (Wildman–Crippen MR) is 86.8 cm³/mol. The summed E-state index contributed by atoms with van der Waals surface area (Å²) in [6.07, 6.45) is 0. The van der Waals surface area contributed by atoms with E-state index in [0.717, 1.165) is 5.56 Å². The minimum atomic E-state index is -0.500. The molecule has 8 heteroatoms. The average Bonchev–Trinajstić information content (AvgIpc) is 2.46. The van der Waals surface area contributed by atoms with E-state index in [1.54, 1.807) is 24.3 Å². The predicted octanol–water partition coefficient (Wildman–Crippen LogP) is 5.71. The van der Waals surface area contributed by atoms with Crippen LogP contribution in [0.3, 0.4) is 0 Å². The van der Waals surface area contributed by atoms with E-state index < -0.39 is 4.92 Å². The molecule has 2 rings (SSSR count). The number of hydrogen-bond donors (Lipinski definition) is 0. The Bertz CT molecular complexity index is 735. The molecule has 2 aromatic carbocycles. The summed E-state index contributed by atoms with van der Waals surface area (Å²) in [7, 11) is 0. The van der Waals surface area contributed by atoms with E-state index in [2.05, 4.69) is 10.2 Å². The van der Waals surface area contributed by atoms with Crippen molar-refractivity contribution in [1.29, 1.82) is 0 Å². The summed E-state index contributed by atoms with van der Waals surface area (Å²) < 4.78 is 0. The molecule has 0 radical (unpaired) electrons. The molecule has 0 amide bonds. The van der Waals surface area contributed by atoms with Gasteiger partial charge in [-0.3, -0.25) is 10.1 Å². The molecule has 22 heavy (non-hydrogen) atoms. The molecule has 0 spiro atoms. The second-order valence-electron chi connectivity index (χ2n) is 4.37. The first-order valence-corrected chi connectivity index (χ1v) is 7.31. The van der Waals surface area contributed by atoms with Gasteiger partial charge in [-0.2, -0.15) is 10.2 Å². The van der Waals surface area contributed by atoms with Gasteiger partial charge in [-0.05, 0) is 29.3 Å². The minimum Gasteiger partial charge on any atom is -0.258 e. The summed E-state index contributed by atoms with van der Waals surface area (Å²) in [6.45, 7) is 0.558. The van der Waals surface area contributed by atoms with Crippen LogP contribution in [0.25, 0.3) is 0 Å². The Hall–Kier alpha value is -1.69. The average molecular weight is 359 g/mol. The molecule has 114 valence electrons. The van der Waals surface area contributed by atoms with Gasteiger partial charge in [-0.1, -0.05) is 40.9 Å². The third-order valence-electron chi connectivity index (χ3n) is 2.84. The van der Waals surface area contributed by atoms with E-state index in [9.17, 15) is 10.1 Å². The second-order valence-corrected chi connectivity index (χ2v) is 5.62. The Labute approximate surface area is 141 Å². The fourth-order valence-electron chi connectivity index (χ4n) is 1.68. The van der Waals surface area contributed by atoms with E-state index in [-0.39, 0.29) is 17.3 Å². The van der Waals surface area contributed by atoms with Crippen LogP contribution in [0.15, 0.2) is 46.6 Å². The number of halogens is 3. The van der Waals surface area contributed by atoms with Gasteiger partial charge in [0.2, 0.25) is 0 Å². The molecular weight excluding hydrogens is 349 g/mol. The lowest BCUT2D eigenvalue weighted by Crippen LogP contribution is -1.90. The van der Waals surface area contributed by atoms with Crippen LogP contribution in [0, 0.1) is 10.1 Å². The molecule has 0 saturated carbocycles. The molecule has 0 bridgehead atoms. The Balaban J connectivity index is 1.99. The maximum atomic E-state index is 10.6. The third-order valence-corrected chi connectivity index (χ3v) is 3.78. The molecular formula is C14H10Cl3N3O2. The molecule has 0 aliphatic heterocycles. The lowest BCUT2D eigenvalue weighted by Gasteiger charge is -2.01. The van der Waals surface area contributed by atoms with Crippen molar-refractivity contribution in [2.75, 3.05) is 0 Å². The monoisotopic (exact) mass is 357 g/mol. The van der Waals surface area contributed by atoms with Crippen LogP contribution in [0.2, 0.25) is 15.1 Å². The molecule has 0 atom stereocenters. The Morgan fingerprint density at radius 1 is 0.909 bits per heavy atom. The van der Waals surface area contributed by atoms with E-state index >= 15 is 0 Å². The Morgan fingerprint density at radius 3 is 1.95 bits per heavy atom. The lowest BCUT2D eigenvalue weighted by molar-refractivity contribution is -0.384. The topological polar surface area (TPSA) is 67.9 Å². The van der Waals surface area contributed by atoms with Crippen molar-refractivity contribution >= 4 is 40.5 Å². The van der Waals surface area contributed by atoms with E-state index in [1.165, 1.54) is 12.1 Å². The van der Waals surface area contributed by atoms with Gasteiger partial charge in [0.1, 0.15) is 0 Å². The largest absolute Gasteiger partial charge is 0.270 e. The van der Waals surface area contributed by atoms with Gasteiger partial charge >= 0.3 is 0 Å². The molecule has 0 saturated heterocycles. The first kappa shape index (κ1) is 16.7. The van der Waals surface area contributed by atoms with Crippen LogP contribution in [0.5, 0.6) is 0 Å². The maximum absolute atomic E-state index is 10.6. The number of nitro benzene ring substituents is 1. The van der Waals surface area contributed by atoms with E-state index in [4.69, 9.17) is 34.8 Å². The van der Waals surface area contributed by atoms with Crippen molar-refractivity contribution in [1.82, 2.24) is 0 Å². The minimum absolute atomic E-state index is 0.0568. The van der Waals surface area contributed by atoms with Crippen LogP contribution in [0.4, 0.5) is 5.69 Å². The zero-order valence-electron chi connectivity index (χ0n) is 11.2. The molecule has 0 heterocycles. The van der Waals surface area contributed by atoms with Crippen LogP contribution in [-0.4, -0.2) is 4.92 Å². The summed E-state index contributed by atoms with van der Waals surface area (Å²) in [5, 5.41) is 20.0. The van der Waals surface area contributed by atoms with Gasteiger partial charge < -0.3 is 0 Å². The van der Waals surface area contributed by atoms with Crippen LogP contribution >= 0.6 is 34.8 Å². The number of nitro groups is 1. The summed E-state index contributed by atoms with van der Waals surface area (Å²) in [4.78, 5) is 10.1. The number of azo groups is 1. The Morgan fingerprint density at radius 2 is 1.45 bits per heavy atom. The number of hydrogen-bond acceptors (Lipinski definition) is 4. The highest BCUT2D eigenvalue weighted by Gasteiger charge is 2.08. The molecule has 0 unspecified atom stereocenters. The van der Waals surface area contributed by atoms with Gasteiger partial charge in [0.15, 0.2) is 0 Å². The Kier molecular flexibility index (Phi) is 5.71. The molecule has 0 aliphatic rings. The molecule has 0 N–H and O–H groups in total. The summed E-state index contributed by atoms with van der Waals surface area (Å²) in [6, 6.07) is 9.39. The van der Waals surface area contributed by atoms with Gasteiger partial charge in [-0.15, -0.1) is 0 Å². The highest BCUT2D eigenvalue weighted by atomic mass is 35.5. The first-order chi connectivity index (χ1) is 10.5.